The number of nitrogens with two attached hydrogens (primary N) is 1. The first-order valence-electron chi connectivity index (χ1n) is 7.93. The standard InChI is InChI=1S/C16H27N3O/c1-4-7-14-18-15(17)11(3)16(19-14)20-13-9-6-8-12(5-2)10-13/h12-13H,4-10H2,1-3H3,(H2,17,18,19). The molecule has 4 nitrogen and oxygen atoms in total. The molecule has 0 spiro atoms. The monoisotopic (exact) mass is 277 g/mol. The Hall–Kier alpha value is -1.32. The molecule has 2 unspecified atom stereocenters. The number of nitrogens with zero attached hydrogens (tertiary/aromatic N) is 2. The number of aromatic nitrogens is 2. The maximum atomic E-state index is 6.15. The molecule has 0 saturated heterocycles. The van der Waals surface area contributed by atoms with Gasteiger partial charge in [0.05, 0.1) is 5.56 Å². The molecule has 1 aliphatic carbocycles. The fourth-order valence-electron chi connectivity index (χ4n) is 2.89. The summed E-state index contributed by atoms with van der Waals surface area (Å²) in [4.78, 5) is 8.89. The van der Waals surface area contributed by atoms with E-state index < -0.39 is 0 Å². The van der Waals surface area contributed by atoms with Crippen molar-refractivity contribution in [2.75, 3.05) is 5.73 Å². The van der Waals surface area contributed by atoms with Crippen LogP contribution in [0, 0.1) is 12.8 Å². The lowest BCUT2D eigenvalue weighted by Gasteiger charge is -2.29. The summed E-state index contributed by atoms with van der Waals surface area (Å²) in [7, 11) is 0. The highest BCUT2D eigenvalue weighted by molar-refractivity contribution is 5.44. The largest absolute Gasteiger partial charge is 0.474 e. The van der Waals surface area contributed by atoms with Crippen LogP contribution in [0.1, 0.15) is 63.8 Å². The van der Waals surface area contributed by atoms with Crippen molar-refractivity contribution in [3.8, 4) is 5.88 Å². The molecule has 4 heteroatoms. The van der Waals surface area contributed by atoms with Gasteiger partial charge >= 0.3 is 0 Å². The normalized spacial score (nSPS) is 22.8. The molecule has 1 fully saturated rings. The minimum Gasteiger partial charge on any atom is -0.474 e. The summed E-state index contributed by atoms with van der Waals surface area (Å²) in [5.41, 5.74) is 6.86. The average Bonchev–Trinajstić information content (AvgIpc) is 2.45. The van der Waals surface area contributed by atoms with Gasteiger partial charge in [-0.25, -0.2) is 4.98 Å². The molecule has 0 radical (unpaired) electrons. The van der Waals surface area contributed by atoms with E-state index in [0.717, 1.165) is 43.0 Å². The van der Waals surface area contributed by atoms with Crippen LogP contribution in [-0.2, 0) is 6.42 Å². The van der Waals surface area contributed by atoms with Crippen LogP contribution >= 0.6 is 0 Å². The molecule has 0 aliphatic heterocycles. The van der Waals surface area contributed by atoms with Crippen molar-refractivity contribution in [3.05, 3.63) is 11.4 Å². The van der Waals surface area contributed by atoms with Gasteiger partial charge in [-0.3, -0.25) is 0 Å². The molecule has 2 rings (SSSR count). The van der Waals surface area contributed by atoms with Gasteiger partial charge in [-0.15, -0.1) is 0 Å². The summed E-state index contributed by atoms with van der Waals surface area (Å²) >= 11 is 0. The summed E-state index contributed by atoms with van der Waals surface area (Å²) in [6.45, 7) is 6.33. The molecule has 1 heterocycles. The van der Waals surface area contributed by atoms with E-state index in [-0.39, 0.29) is 6.10 Å². The van der Waals surface area contributed by atoms with E-state index in [4.69, 9.17) is 10.5 Å². The van der Waals surface area contributed by atoms with Crippen LogP contribution in [0.15, 0.2) is 0 Å². The maximum absolute atomic E-state index is 6.15. The Balaban J connectivity index is 2.11. The van der Waals surface area contributed by atoms with Crippen LogP contribution in [0.3, 0.4) is 0 Å². The van der Waals surface area contributed by atoms with Crippen LogP contribution < -0.4 is 10.5 Å². The second-order valence-corrected chi connectivity index (χ2v) is 5.89. The summed E-state index contributed by atoms with van der Waals surface area (Å²) in [5, 5.41) is 0. The third-order valence-corrected chi connectivity index (χ3v) is 4.25. The Labute approximate surface area is 122 Å². The van der Waals surface area contributed by atoms with Gasteiger partial charge in [0.25, 0.3) is 0 Å². The highest BCUT2D eigenvalue weighted by atomic mass is 16.5. The summed E-state index contributed by atoms with van der Waals surface area (Å²) in [5.74, 6) is 2.85. The fraction of sp³-hybridized carbons (Fsp3) is 0.750. The molecule has 20 heavy (non-hydrogen) atoms. The maximum Gasteiger partial charge on any atom is 0.222 e. The molecule has 2 N–H and O–H groups in total. The highest BCUT2D eigenvalue weighted by Crippen LogP contribution is 2.30. The summed E-state index contributed by atoms with van der Waals surface area (Å²) < 4.78 is 6.15. The quantitative estimate of drug-likeness (QED) is 0.892. The van der Waals surface area contributed by atoms with Crippen LogP contribution in [0.25, 0.3) is 0 Å². The van der Waals surface area contributed by atoms with E-state index in [2.05, 4.69) is 23.8 Å². The Bertz CT molecular complexity index is 448. The Morgan fingerprint density at radius 2 is 2.05 bits per heavy atom. The number of hydrogen-bond acceptors (Lipinski definition) is 4. The van der Waals surface area contributed by atoms with Crippen molar-refractivity contribution in [2.45, 2.75) is 71.8 Å². The zero-order valence-corrected chi connectivity index (χ0v) is 13.0. The van der Waals surface area contributed by atoms with Crippen molar-refractivity contribution in [1.29, 1.82) is 0 Å². The van der Waals surface area contributed by atoms with Gasteiger partial charge in [0.15, 0.2) is 0 Å². The van der Waals surface area contributed by atoms with E-state index in [0.29, 0.717) is 11.7 Å². The minimum absolute atomic E-state index is 0.288. The molecular formula is C16H27N3O. The molecule has 2 atom stereocenters. The van der Waals surface area contributed by atoms with Crippen molar-refractivity contribution < 1.29 is 4.74 Å². The molecule has 0 aromatic carbocycles. The van der Waals surface area contributed by atoms with Gasteiger partial charge < -0.3 is 10.5 Å². The number of ether oxygens (including phenoxy) is 1. The Kier molecular flexibility index (Phi) is 5.21. The molecule has 0 amide bonds. The Morgan fingerprint density at radius 1 is 1.25 bits per heavy atom. The summed E-state index contributed by atoms with van der Waals surface area (Å²) in [6.07, 6.45) is 8.26. The number of aryl methyl sites for hydroxylation is 1. The lowest BCUT2D eigenvalue weighted by atomic mass is 9.85. The first-order valence-corrected chi connectivity index (χ1v) is 7.93. The molecule has 0 bridgehead atoms. The van der Waals surface area contributed by atoms with E-state index in [1.165, 1.54) is 19.3 Å². The fourth-order valence-corrected chi connectivity index (χ4v) is 2.89. The van der Waals surface area contributed by atoms with Crippen molar-refractivity contribution in [1.82, 2.24) is 9.97 Å². The third kappa shape index (κ3) is 3.62. The predicted octanol–water partition coefficient (Wildman–Crippen LogP) is 3.67. The number of rotatable bonds is 5. The van der Waals surface area contributed by atoms with Crippen LogP contribution in [0.2, 0.25) is 0 Å². The predicted molar refractivity (Wildman–Crippen MR) is 81.8 cm³/mol. The number of nitrogen functional groups attached to an aromatic ring is 1. The van der Waals surface area contributed by atoms with Gasteiger partial charge in [-0.05, 0) is 38.5 Å². The zero-order chi connectivity index (χ0) is 14.5. The lowest BCUT2D eigenvalue weighted by molar-refractivity contribution is 0.116. The third-order valence-electron chi connectivity index (χ3n) is 4.25. The van der Waals surface area contributed by atoms with Gasteiger partial charge in [-0.1, -0.05) is 26.7 Å². The second-order valence-electron chi connectivity index (χ2n) is 5.89. The molecule has 112 valence electrons. The van der Waals surface area contributed by atoms with Gasteiger partial charge in [0.1, 0.15) is 17.7 Å². The SMILES string of the molecule is CCCc1nc(N)c(C)c(OC2CCCC(CC)C2)n1. The molecule has 1 aromatic heterocycles. The first kappa shape index (κ1) is 15.1. The summed E-state index contributed by atoms with van der Waals surface area (Å²) in [6, 6.07) is 0. The smallest absolute Gasteiger partial charge is 0.222 e. The van der Waals surface area contributed by atoms with Crippen molar-refractivity contribution in [3.63, 3.8) is 0 Å². The molecule has 1 aromatic rings. The number of anilines is 1. The van der Waals surface area contributed by atoms with E-state index in [1.54, 1.807) is 0 Å². The van der Waals surface area contributed by atoms with Crippen LogP contribution in [0.4, 0.5) is 5.82 Å². The average molecular weight is 277 g/mol. The van der Waals surface area contributed by atoms with Gasteiger partial charge in [0.2, 0.25) is 5.88 Å². The first-order chi connectivity index (χ1) is 9.63. The Morgan fingerprint density at radius 3 is 2.75 bits per heavy atom. The van der Waals surface area contributed by atoms with E-state index in [9.17, 15) is 0 Å². The van der Waals surface area contributed by atoms with E-state index in [1.807, 2.05) is 6.92 Å². The van der Waals surface area contributed by atoms with Crippen molar-refractivity contribution in [2.24, 2.45) is 5.92 Å². The second kappa shape index (κ2) is 6.91. The van der Waals surface area contributed by atoms with Crippen molar-refractivity contribution >= 4 is 5.82 Å². The lowest BCUT2D eigenvalue weighted by Crippen LogP contribution is -2.26. The van der Waals surface area contributed by atoms with Crippen LogP contribution in [0.5, 0.6) is 5.88 Å². The van der Waals surface area contributed by atoms with Gasteiger partial charge in [-0.2, -0.15) is 4.98 Å². The van der Waals surface area contributed by atoms with E-state index >= 15 is 0 Å². The topological polar surface area (TPSA) is 61.0 Å². The minimum atomic E-state index is 0.288. The van der Waals surface area contributed by atoms with Crippen LogP contribution in [-0.4, -0.2) is 16.1 Å². The molecule has 1 saturated carbocycles. The molecular weight excluding hydrogens is 250 g/mol. The molecule has 1 aliphatic rings. The highest BCUT2D eigenvalue weighted by Gasteiger charge is 2.23. The number of hydrogen-bond donors (Lipinski definition) is 1. The zero-order valence-electron chi connectivity index (χ0n) is 13.0. The van der Waals surface area contributed by atoms with Gasteiger partial charge in [0, 0.05) is 6.42 Å².